The summed E-state index contributed by atoms with van der Waals surface area (Å²) in [6.07, 6.45) is 0. The lowest BCUT2D eigenvalue weighted by Gasteiger charge is -2.42. The van der Waals surface area contributed by atoms with Crippen LogP contribution in [0.2, 0.25) is 0 Å². The second-order valence-electron chi connectivity index (χ2n) is 19.2. The van der Waals surface area contributed by atoms with Gasteiger partial charge in [-0.25, -0.2) is 0 Å². The minimum atomic E-state index is -0.157. The molecule has 14 rings (SSSR count). The third-order valence-corrected chi connectivity index (χ3v) is 14.5. The van der Waals surface area contributed by atoms with Crippen LogP contribution < -0.4 is 20.7 Å². The summed E-state index contributed by atoms with van der Waals surface area (Å²) in [5.74, 6) is 0. The maximum absolute atomic E-state index is 7.01. The van der Waals surface area contributed by atoms with Crippen molar-refractivity contribution in [1.82, 2.24) is 4.48 Å². The highest BCUT2D eigenvalue weighted by molar-refractivity contribution is 6.90. The molecule has 2 aliphatic heterocycles. The number of fused-ring (bicyclic) bond motifs is 13. The Bertz CT molecular complexity index is 3940. The van der Waals surface area contributed by atoms with Gasteiger partial charge in [-0.1, -0.05) is 166 Å². The molecule has 316 valence electrons. The van der Waals surface area contributed by atoms with Crippen LogP contribution in [0, 0.1) is 0 Å². The predicted molar refractivity (Wildman–Crippen MR) is 284 cm³/mol. The zero-order valence-electron chi connectivity index (χ0n) is 37.5. The van der Waals surface area contributed by atoms with Crippen molar-refractivity contribution in [3.05, 3.63) is 218 Å². The second kappa shape index (κ2) is 14.1. The van der Waals surface area contributed by atoms with Crippen molar-refractivity contribution < 1.29 is 4.42 Å². The van der Waals surface area contributed by atoms with Gasteiger partial charge in [0.05, 0.1) is 5.69 Å². The Hall–Kier alpha value is -8.28. The minimum absolute atomic E-state index is 0.0624. The maximum atomic E-state index is 7.01. The van der Waals surface area contributed by atoms with Crippen molar-refractivity contribution in [2.24, 2.45) is 0 Å². The number of anilines is 6. The smallest absolute Gasteiger partial charge is 0.333 e. The number of para-hydroxylation sites is 4. The van der Waals surface area contributed by atoms with E-state index in [2.05, 4.69) is 247 Å². The van der Waals surface area contributed by atoms with Gasteiger partial charge in [-0.2, -0.15) is 0 Å². The molecule has 12 aromatic rings. The van der Waals surface area contributed by atoms with Gasteiger partial charge in [0.1, 0.15) is 11.2 Å². The Kier molecular flexibility index (Phi) is 8.01. The molecule has 0 saturated heterocycles. The van der Waals surface area contributed by atoms with Crippen LogP contribution in [0.5, 0.6) is 0 Å². The first kappa shape index (κ1) is 38.0. The van der Waals surface area contributed by atoms with Gasteiger partial charge in [-0.3, -0.25) is 0 Å². The van der Waals surface area contributed by atoms with E-state index in [-0.39, 0.29) is 12.3 Å². The molecule has 0 fully saturated rings. The molecule has 0 aliphatic carbocycles. The Labute approximate surface area is 389 Å². The number of aromatic nitrogens is 1. The molecule has 0 amide bonds. The molecule has 0 atom stereocenters. The average Bonchev–Trinajstić information content (AvgIpc) is 3.92. The van der Waals surface area contributed by atoms with Crippen LogP contribution in [0.25, 0.3) is 76.8 Å². The van der Waals surface area contributed by atoms with E-state index in [0.717, 1.165) is 50.7 Å². The molecule has 0 bridgehead atoms. The van der Waals surface area contributed by atoms with E-state index in [1.807, 2.05) is 0 Å². The van der Waals surface area contributed by atoms with Crippen LogP contribution in [0.3, 0.4) is 0 Å². The highest BCUT2D eigenvalue weighted by Crippen LogP contribution is 2.52. The Morgan fingerprint density at radius 3 is 1.93 bits per heavy atom. The lowest BCUT2D eigenvalue weighted by atomic mass is 9.45. The van der Waals surface area contributed by atoms with Gasteiger partial charge in [-0.05, 0) is 104 Å². The Morgan fingerprint density at radius 2 is 1.16 bits per heavy atom. The molecule has 0 unspecified atom stereocenters. The number of hydrogen-bond acceptors (Lipinski definition) is 3. The van der Waals surface area contributed by atoms with Gasteiger partial charge in [0.15, 0.2) is 0 Å². The van der Waals surface area contributed by atoms with Crippen molar-refractivity contribution >= 4 is 106 Å². The van der Waals surface area contributed by atoms with Crippen LogP contribution in [0.1, 0.15) is 26.3 Å². The van der Waals surface area contributed by atoms with Crippen LogP contribution >= 0.6 is 0 Å². The van der Waals surface area contributed by atoms with E-state index >= 15 is 0 Å². The van der Waals surface area contributed by atoms with E-state index < -0.39 is 0 Å². The first-order valence-corrected chi connectivity index (χ1v) is 23.4. The van der Waals surface area contributed by atoms with E-state index in [1.165, 1.54) is 76.7 Å². The maximum Gasteiger partial charge on any atom is 0.333 e. The molecule has 4 heterocycles. The molecule has 2 aliphatic rings. The molecule has 0 radical (unpaired) electrons. The van der Waals surface area contributed by atoms with Crippen molar-refractivity contribution in [1.29, 1.82) is 0 Å². The van der Waals surface area contributed by atoms with Crippen LogP contribution in [-0.4, -0.2) is 11.3 Å². The van der Waals surface area contributed by atoms with E-state index in [1.54, 1.807) is 0 Å². The number of furan rings is 1. The van der Waals surface area contributed by atoms with Gasteiger partial charge >= 0.3 is 6.85 Å². The summed E-state index contributed by atoms with van der Waals surface area (Å²) in [6.45, 7) is 6.76. The summed E-state index contributed by atoms with van der Waals surface area (Å²) in [4.78, 5) is 4.95. The van der Waals surface area contributed by atoms with Crippen molar-refractivity contribution in [2.45, 2.75) is 26.2 Å². The number of rotatable bonds is 5. The van der Waals surface area contributed by atoms with Crippen LogP contribution in [-0.2, 0) is 5.41 Å². The van der Waals surface area contributed by atoms with E-state index in [9.17, 15) is 0 Å². The lowest BCUT2D eigenvalue weighted by molar-refractivity contribution is 0.590. The van der Waals surface area contributed by atoms with Gasteiger partial charge in [0.25, 0.3) is 0 Å². The molecule has 4 nitrogen and oxygen atoms in total. The first-order chi connectivity index (χ1) is 32.9. The summed E-state index contributed by atoms with van der Waals surface area (Å²) in [5, 5.41) is 7.38. The summed E-state index contributed by atoms with van der Waals surface area (Å²) < 4.78 is 9.68. The topological polar surface area (TPSA) is 24.6 Å². The number of nitrogens with zero attached hydrogens (tertiary/aromatic N) is 3. The molecular formula is C62H44BN3O. The summed E-state index contributed by atoms with van der Waals surface area (Å²) in [5.41, 5.74) is 19.5. The fourth-order valence-corrected chi connectivity index (χ4v) is 11.5. The average molecular weight is 858 g/mol. The largest absolute Gasteiger partial charge is 0.456 e. The van der Waals surface area contributed by atoms with Gasteiger partial charge in [0.2, 0.25) is 0 Å². The molecule has 2 aromatic heterocycles. The molecule has 10 aromatic carbocycles. The Morgan fingerprint density at radius 1 is 0.478 bits per heavy atom. The van der Waals surface area contributed by atoms with Crippen LogP contribution in [0.15, 0.2) is 217 Å². The predicted octanol–water partition coefficient (Wildman–Crippen LogP) is 15.7. The first-order valence-electron chi connectivity index (χ1n) is 23.4. The fourth-order valence-electron chi connectivity index (χ4n) is 11.5. The highest BCUT2D eigenvalue weighted by Gasteiger charge is 2.45. The van der Waals surface area contributed by atoms with Gasteiger partial charge in [0, 0.05) is 78.2 Å². The van der Waals surface area contributed by atoms with Crippen molar-refractivity contribution in [3.63, 3.8) is 0 Å². The monoisotopic (exact) mass is 857 g/mol. The van der Waals surface area contributed by atoms with Crippen molar-refractivity contribution in [3.8, 4) is 22.3 Å². The molecular weight excluding hydrogens is 814 g/mol. The third-order valence-electron chi connectivity index (χ3n) is 14.5. The van der Waals surface area contributed by atoms with E-state index in [0.29, 0.717) is 0 Å². The minimum Gasteiger partial charge on any atom is -0.456 e. The molecule has 67 heavy (non-hydrogen) atoms. The fraction of sp³-hybridized carbons (Fsp3) is 0.0645. The third kappa shape index (κ3) is 5.49. The molecule has 0 N–H and O–H groups in total. The second-order valence-corrected chi connectivity index (χ2v) is 19.2. The number of hydrogen-bond donors (Lipinski definition) is 0. The Balaban J connectivity index is 1.17. The van der Waals surface area contributed by atoms with E-state index in [4.69, 9.17) is 4.42 Å². The summed E-state index contributed by atoms with van der Waals surface area (Å²) in [6, 6.07) is 78.2. The highest BCUT2D eigenvalue weighted by atomic mass is 16.3. The molecule has 0 saturated carbocycles. The number of benzene rings is 10. The van der Waals surface area contributed by atoms with Crippen LogP contribution in [0.4, 0.5) is 34.1 Å². The van der Waals surface area contributed by atoms with Gasteiger partial charge < -0.3 is 18.7 Å². The van der Waals surface area contributed by atoms with Crippen molar-refractivity contribution in [2.75, 3.05) is 9.80 Å². The quantitative estimate of drug-likeness (QED) is 0.161. The summed E-state index contributed by atoms with van der Waals surface area (Å²) in [7, 11) is 0. The lowest BCUT2D eigenvalue weighted by Crippen LogP contribution is -2.56. The molecule has 5 heteroatoms. The normalized spacial score (nSPS) is 12.9. The zero-order chi connectivity index (χ0) is 44.5. The van der Waals surface area contributed by atoms with Gasteiger partial charge in [-0.15, -0.1) is 0 Å². The zero-order valence-corrected chi connectivity index (χ0v) is 37.5. The summed E-state index contributed by atoms with van der Waals surface area (Å²) >= 11 is 0. The standard InChI is InChI=1S/C62H44BN3O/c1-62(2,3)41-31-35-51(49(36-41)39-18-7-4-8-19-39)65-53-37-44(64(42-21-9-5-10-22-42)43-23-11-6-12-24-43)32-33-50(53)63-60-54(65)38-56-58(46-26-15-16-29-55(46)67-56)59(60)48-28-17-27-47-57-45-25-14-13-20-40(45)30-34-52(57)66(63)61(47)48/h4-38H,1-3H3. The SMILES string of the molecule is CC(C)(C)c1ccc(N2c3cc(N(c4ccccc4)c4ccccc4)ccc3B3c4c2cc2oc5ccccc5c2c4-c2cccc4c5c6ccccc6ccc5n3c24)c(-c2ccccc2)c1. The molecule has 0 spiro atoms.